The lowest BCUT2D eigenvalue weighted by Crippen LogP contribution is -2.41. The fraction of sp³-hybridized carbons (Fsp3) is 0.909. The second kappa shape index (κ2) is 4.10. The van der Waals surface area contributed by atoms with Gasteiger partial charge in [0.2, 0.25) is 5.91 Å². The lowest BCUT2D eigenvalue weighted by atomic mass is 9.78. The molecule has 2 N–H and O–H groups in total. The van der Waals surface area contributed by atoms with Gasteiger partial charge in [0.05, 0.1) is 6.54 Å². The van der Waals surface area contributed by atoms with E-state index in [1.807, 2.05) is 4.90 Å². The van der Waals surface area contributed by atoms with Crippen LogP contribution in [0.5, 0.6) is 0 Å². The molecule has 86 valence electrons. The zero-order valence-electron chi connectivity index (χ0n) is 9.54. The van der Waals surface area contributed by atoms with E-state index >= 15 is 0 Å². The molecule has 0 bridgehead atoms. The number of hydrogen-bond donors (Lipinski definition) is 1. The summed E-state index contributed by atoms with van der Waals surface area (Å²) >= 11 is 0. The minimum Gasteiger partial charge on any atom is -0.341 e. The first-order valence-electron chi connectivity index (χ1n) is 5.82. The molecule has 1 amide bonds. The van der Waals surface area contributed by atoms with Crippen LogP contribution in [-0.2, 0) is 4.79 Å². The van der Waals surface area contributed by atoms with Gasteiger partial charge in [-0.05, 0) is 44.8 Å². The molecule has 0 unspecified atom stereocenters. The Hall–Kier alpha value is -0.610. The van der Waals surface area contributed by atoms with E-state index in [1.54, 1.807) is 0 Å². The molecule has 1 spiro atoms. The zero-order valence-corrected chi connectivity index (χ0v) is 9.54. The van der Waals surface area contributed by atoms with Gasteiger partial charge in [0, 0.05) is 13.1 Å². The van der Waals surface area contributed by atoms with Crippen LogP contribution in [-0.4, -0.2) is 55.5 Å². The average molecular weight is 211 g/mol. The SMILES string of the molecule is CN1CCC2(CC1)CCN(C(=O)CN)C2. The van der Waals surface area contributed by atoms with Crippen molar-refractivity contribution in [3.63, 3.8) is 0 Å². The van der Waals surface area contributed by atoms with Crippen LogP contribution in [0.4, 0.5) is 0 Å². The van der Waals surface area contributed by atoms with Crippen molar-refractivity contribution >= 4 is 5.91 Å². The van der Waals surface area contributed by atoms with Gasteiger partial charge in [0.15, 0.2) is 0 Å². The molecule has 2 rings (SSSR count). The molecule has 4 nitrogen and oxygen atoms in total. The number of likely N-dealkylation sites (tertiary alicyclic amines) is 2. The standard InChI is InChI=1S/C11H21N3O/c1-13-5-2-11(3-6-13)4-7-14(9-11)10(15)8-12/h2-9,12H2,1H3. The lowest BCUT2D eigenvalue weighted by Gasteiger charge is -2.37. The van der Waals surface area contributed by atoms with Crippen molar-refractivity contribution in [2.75, 3.05) is 39.8 Å². The van der Waals surface area contributed by atoms with Crippen LogP contribution in [0.2, 0.25) is 0 Å². The Kier molecular flexibility index (Phi) is 2.98. The molecule has 0 aromatic heterocycles. The second-order valence-corrected chi connectivity index (χ2v) is 5.07. The summed E-state index contributed by atoms with van der Waals surface area (Å²) in [6.07, 6.45) is 3.64. The van der Waals surface area contributed by atoms with Crippen molar-refractivity contribution in [1.82, 2.24) is 9.80 Å². The maximum absolute atomic E-state index is 11.5. The molecule has 15 heavy (non-hydrogen) atoms. The Labute approximate surface area is 91.4 Å². The molecule has 2 fully saturated rings. The van der Waals surface area contributed by atoms with E-state index in [1.165, 1.54) is 32.4 Å². The fourth-order valence-corrected chi connectivity index (χ4v) is 2.78. The number of carbonyl (C=O) groups excluding carboxylic acids is 1. The topological polar surface area (TPSA) is 49.6 Å². The van der Waals surface area contributed by atoms with E-state index in [0.29, 0.717) is 5.41 Å². The molecule has 2 saturated heterocycles. The van der Waals surface area contributed by atoms with Gasteiger partial charge in [0.25, 0.3) is 0 Å². The average Bonchev–Trinajstić information content (AvgIpc) is 2.66. The first-order chi connectivity index (χ1) is 7.15. The van der Waals surface area contributed by atoms with Gasteiger partial charge < -0.3 is 15.5 Å². The van der Waals surface area contributed by atoms with E-state index in [-0.39, 0.29) is 12.5 Å². The molecule has 0 aliphatic carbocycles. The Morgan fingerprint density at radius 2 is 1.87 bits per heavy atom. The van der Waals surface area contributed by atoms with Crippen molar-refractivity contribution in [1.29, 1.82) is 0 Å². The Morgan fingerprint density at radius 1 is 1.27 bits per heavy atom. The normalized spacial score (nSPS) is 26.1. The molecule has 0 radical (unpaired) electrons. The van der Waals surface area contributed by atoms with Crippen molar-refractivity contribution in [3.05, 3.63) is 0 Å². The minimum absolute atomic E-state index is 0.116. The molecule has 2 aliphatic heterocycles. The first kappa shape index (κ1) is 10.9. The quantitative estimate of drug-likeness (QED) is 0.658. The molecule has 0 atom stereocenters. The third kappa shape index (κ3) is 2.16. The highest BCUT2D eigenvalue weighted by Crippen LogP contribution is 2.39. The molecular formula is C11H21N3O. The van der Waals surface area contributed by atoms with Crippen molar-refractivity contribution in [2.45, 2.75) is 19.3 Å². The Morgan fingerprint density at radius 3 is 2.47 bits per heavy atom. The van der Waals surface area contributed by atoms with E-state index in [2.05, 4.69) is 11.9 Å². The van der Waals surface area contributed by atoms with Crippen LogP contribution in [0.3, 0.4) is 0 Å². The molecule has 0 saturated carbocycles. The number of rotatable bonds is 1. The number of piperidine rings is 1. The fourth-order valence-electron chi connectivity index (χ4n) is 2.78. The smallest absolute Gasteiger partial charge is 0.236 e. The zero-order chi connectivity index (χ0) is 10.9. The highest BCUT2D eigenvalue weighted by Gasteiger charge is 2.40. The van der Waals surface area contributed by atoms with Crippen molar-refractivity contribution in [2.24, 2.45) is 11.1 Å². The van der Waals surface area contributed by atoms with Gasteiger partial charge >= 0.3 is 0 Å². The van der Waals surface area contributed by atoms with Gasteiger partial charge in [-0.15, -0.1) is 0 Å². The number of carbonyl (C=O) groups is 1. The van der Waals surface area contributed by atoms with Gasteiger partial charge in [-0.2, -0.15) is 0 Å². The van der Waals surface area contributed by atoms with Crippen molar-refractivity contribution < 1.29 is 4.79 Å². The van der Waals surface area contributed by atoms with Crippen LogP contribution in [0, 0.1) is 5.41 Å². The van der Waals surface area contributed by atoms with Gasteiger partial charge in [-0.3, -0.25) is 4.79 Å². The largest absolute Gasteiger partial charge is 0.341 e. The van der Waals surface area contributed by atoms with Crippen LogP contribution < -0.4 is 5.73 Å². The Bertz CT molecular complexity index is 246. The summed E-state index contributed by atoms with van der Waals surface area (Å²) in [5.74, 6) is 0.116. The molecule has 4 heteroatoms. The molecular weight excluding hydrogens is 190 g/mol. The summed E-state index contributed by atoms with van der Waals surface area (Å²) in [6, 6.07) is 0. The maximum Gasteiger partial charge on any atom is 0.236 e. The molecule has 2 heterocycles. The molecule has 0 aromatic rings. The summed E-state index contributed by atoms with van der Waals surface area (Å²) in [6.45, 7) is 4.36. The number of nitrogens with two attached hydrogens (primary N) is 1. The summed E-state index contributed by atoms with van der Waals surface area (Å²) in [4.78, 5) is 15.8. The van der Waals surface area contributed by atoms with Crippen LogP contribution in [0.1, 0.15) is 19.3 Å². The van der Waals surface area contributed by atoms with Crippen LogP contribution in [0.25, 0.3) is 0 Å². The predicted octanol–water partition coefficient (Wildman–Crippen LogP) is -0.111. The van der Waals surface area contributed by atoms with Gasteiger partial charge in [-0.25, -0.2) is 0 Å². The number of nitrogens with zero attached hydrogens (tertiary/aromatic N) is 2. The molecule has 2 aliphatic rings. The van der Waals surface area contributed by atoms with Crippen LogP contribution in [0.15, 0.2) is 0 Å². The number of amides is 1. The number of hydrogen-bond acceptors (Lipinski definition) is 3. The van der Waals surface area contributed by atoms with Gasteiger partial charge in [-0.1, -0.05) is 0 Å². The summed E-state index contributed by atoms with van der Waals surface area (Å²) in [5.41, 5.74) is 5.81. The first-order valence-corrected chi connectivity index (χ1v) is 5.82. The predicted molar refractivity (Wildman–Crippen MR) is 59.4 cm³/mol. The maximum atomic E-state index is 11.5. The van der Waals surface area contributed by atoms with Crippen molar-refractivity contribution in [3.8, 4) is 0 Å². The summed E-state index contributed by atoms with van der Waals surface area (Å²) < 4.78 is 0. The van der Waals surface area contributed by atoms with E-state index in [9.17, 15) is 4.79 Å². The Balaban J connectivity index is 1.93. The van der Waals surface area contributed by atoms with Crippen LogP contribution >= 0.6 is 0 Å². The van der Waals surface area contributed by atoms with Gasteiger partial charge in [0.1, 0.15) is 0 Å². The van der Waals surface area contributed by atoms with E-state index in [4.69, 9.17) is 5.73 Å². The van der Waals surface area contributed by atoms with E-state index in [0.717, 1.165) is 13.1 Å². The second-order valence-electron chi connectivity index (χ2n) is 5.07. The molecule has 0 aromatic carbocycles. The lowest BCUT2D eigenvalue weighted by molar-refractivity contribution is -0.129. The summed E-state index contributed by atoms with van der Waals surface area (Å²) in [7, 11) is 2.17. The highest BCUT2D eigenvalue weighted by molar-refractivity contribution is 5.78. The highest BCUT2D eigenvalue weighted by atomic mass is 16.2. The monoisotopic (exact) mass is 211 g/mol. The third-order valence-corrected chi connectivity index (χ3v) is 4.01. The summed E-state index contributed by atoms with van der Waals surface area (Å²) in [5, 5.41) is 0. The minimum atomic E-state index is 0.116. The van der Waals surface area contributed by atoms with E-state index < -0.39 is 0 Å². The third-order valence-electron chi connectivity index (χ3n) is 4.01.